The molecule has 1 aliphatic heterocycles. The molecule has 2 nitrogen and oxygen atoms in total. The van der Waals surface area contributed by atoms with E-state index in [0.29, 0.717) is 0 Å². The molecule has 0 spiro atoms. The van der Waals surface area contributed by atoms with Gasteiger partial charge in [-0.3, -0.25) is 4.90 Å². The van der Waals surface area contributed by atoms with Crippen molar-refractivity contribution in [3.05, 3.63) is 35.9 Å². The van der Waals surface area contributed by atoms with E-state index in [0.717, 1.165) is 37.7 Å². The van der Waals surface area contributed by atoms with Crippen LogP contribution >= 0.6 is 0 Å². The Balaban J connectivity index is 1.78. The molecule has 0 bridgehead atoms. The minimum absolute atomic E-state index is 0.730. The Labute approximate surface area is 104 Å². The molecule has 1 aromatic carbocycles. The van der Waals surface area contributed by atoms with Crippen molar-refractivity contribution in [2.45, 2.75) is 12.8 Å². The Morgan fingerprint density at radius 2 is 1.88 bits per heavy atom. The summed E-state index contributed by atoms with van der Waals surface area (Å²) in [5.74, 6) is 7.18. The van der Waals surface area contributed by atoms with E-state index in [1.165, 1.54) is 12.8 Å². The molecule has 0 amide bonds. The SMILES string of the molecule is NCC1CCN(CC#Cc2ccccc2)CC1. The van der Waals surface area contributed by atoms with Crippen molar-refractivity contribution >= 4 is 0 Å². The van der Waals surface area contributed by atoms with Gasteiger partial charge in [0, 0.05) is 5.56 Å². The zero-order valence-corrected chi connectivity index (χ0v) is 10.2. The molecule has 1 heterocycles. The lowest BCUT2D eigenvalue weighted by Gasteiger charge is -2.29. The first kappa shape index (κ1) is 12.2. The average Bonchev–Trinajstić information content (AvgIpc) is 2.41. The summed E-state index contributed by atoms with van der Waals surface area (Å²) in [6.07, 6.45) is 2.45. The highest BCUT2D eigenvalue weighted by Crippen LogP contribution is 2.14. The summed E-state index contributed by atoms with van der Waals surface area (Å²) in [7, 11) is 0. The second-order valence-corrected chi connectivity index (χ2v) is 4.62. The summed E-state index contributed by atoms with van der Waals surface area (Å²) in [5.41, 5.74) is 6.78. The number of likely N-dealkylation sites (tertiary alicyclic amines) is 1. The molecule has 0 saturated carbocycles. The summed E-state index contributed by atoms with van der Waals surface area (Å²) in [6.45, 7) is 4.01. The van der Waals surface area contributed by atoms with E-state index < -0.39 is 0 Å². The third kappa shape index (κ3) is 3.89. The number of nitrogens with two attached hydrogens (primary N) is 1. The second kappa shape index (κ2) is 6.44. The molecule has 0 aliphatic carbocycles. The Bertz CT molecular complexity index is 380. The third-order valence-corrected chi connectivity index (χ3v) is 3.35. The number of piperidine rings is 1. The van der Waals surface area contributed by atoms with Gasteiger partial charge in [0.2, 0.25) is 0 Å². The first-order valence-electron chi connectivity index (χ1n) is 6.35. The Morgan fingerprint density at radius 1 is 1.18 bits per heavy atom. The van der Waals surface area contributed by atoms with E-state index in [9.17, 15) is 0 Å². The van der Waals surface area contributed by atoms with Crippen LogP contribution in [0.2, 0.25) is 0 Å². The van der Waals surface area contributed by atoms with E-state index >= 15 is 0 Å². The maximum absolute atomic E-state index is 5.68. The topological polar surface area (TPSA) is 29.3 Å². The minimum Gasteiger partial charge on any atom is -0.330 e. The van der Waals surface area contributed by atoms with Gasteiger partial charge >= 0.3 is 0 Å². The van der Waals surface area contributed by atoms with Crippen molar-refractivity contribution in [2.75, 3.05) is 26.2 Å². The zero-order valence-electron chi connectivity index (χ0n) is 10.2. The van der Waals surface area contributed by atoms with Crippen LogP contribution in [0.3, 0.4) is 0 Å². The summed E-state index contributed by atoms with van der Waals surface area (Å²) in [4.78, 5) is 2.42. The normalized spacial score (nSPS) is 17.5. The number of benzene rings is 1. The van der Waals surface area contributed by atoms with Crippen LogP contribution in [-0.2, 0) is 0 Å². The van der Waals surface area contributed by atoms with Crippen LogP contribution in [0.15, 0.2) is 30.3 Å². The molecule has 0 atom stereocenters. The van der Waals surface area contributed by atoms with Crippen LogP contribution < -0.4 is 5.73 Å². The maximum Gasteiger partial charge on any atom is 0.0605 e. The van der Waals surface area contributed by atoms with Crippen molar-refractivity contribution in [2.24, 2.45) is 11.7 Å². The van der Waals surface area contributed by atoms with Gasteiger partial charge in [0.1, 0.15) is 0 Å². The van der Waals surface area contributed by atoms with Crippen LogP contribution in [0.1, 0.15) is 18.4 Å². The molecule has 0 radical (unpaired) electrons. The van der Waals surface area contributed by atoms with Gasteiger partial charge in [-0.25, -0.2) is 0 Å². The molecule has 1 saturated heterocycles. The predicted molar refractivity (Wildman–Crippen MR) is 71.5 cm³/mol. The van der Waals surface area contributed by atoms with Gasteiger partial charge in [0.15, 0.2) is 0 Å². The Hall–Kier alpha value is -1.30. The molecule has 1 aromatic rings. The highest BCUT2D eigenvalue weighted by Gasteiger charge is 2.16. The molecule has 90 valence electrons. The standard InChI is InChI=1S/C15H20N2/c16-13-15-8-11-17(12-9-15)10-4-7-14-5-2-1-3-6-14/h1-3,5-6,15H,8-13,16H2. The quantitative estimate of drug-likeness (QED) is 0.781. The van der Waals surface area contributed by atoms with Crippen LogP contribution in [0.25, 0.3) is 0 Å². The number of nitrogens with zero attached hydrogens (tertiary/aromatic N) is 1. The molecule has 2 heteroatoms. The molecule has 17 heavy (non-hydrogen) atoms. The fourth-order valence-electron chi connectivity index (χ4n) is 2.16. The molecule has 1 fully saturated rings. The largest absolute Gasteiger partial charge is 0.330 e. The first-order valence-corrected chi connectivity index (χ1v) is 6.35. The van der Waals surface area contributed by atoms with Crippen molar-refractivity contribution in [3.63, 3.8) is 0 Å². The fourth-order valence-corrected chi connectivity index (χ4v) is 2.16. The number of hydrogen-bond acceptors (Lipinski definition) is 2. The van der Waals surface area contributed by atoms with Gasteiger partial charge in [-0.15, -0.1) is 0 Å². The van der Waals surface area contributed by atoms with Crippen molar-refractivity contribution in [1.82, 2.24) is 4.90 Å². The highest BCUT2D eigenvalue weighted by atomic mass is 15.1. The van der Waals surface area contributed by atoms with E-state index in [-0.39, 0.29) is 0 Å². The maximum atomic E-state index is 5.68. The van der Waals surface area contributed by atoms with Crippen molar-refractivity contribution in [1.29, 1.82) is 0 Å². The van der Waals surface area contributed by atoms with Gasteiger partial charge in [0.25, 0.3) is 0 Å². The second-order valence-electron chi connectivity index (χ2n) is 4.62. The van der Waals surface area contributed by atoms with Crippen LogP contribution in [-0.4, -0.2) is 31.1 Å². The Morgan fingerprint density at radius 3 is 2.53 bits per heavy atom. The minimum atomic E-state index is 0.730. The van der Waals surface area contributed by atoms with Crippen molar-refractivity contribution < 1.29 is 0 Å². The van der Waals surface area contributed by atoms with E-state index in [1.807, 2.05) is 30.3 Å². The summed E-state index contributed by atoms with van der Waals surface area (Å²) in [5, 5.41) is 0. The van der Waals surface area contributed by atoms with Gasteiger partial charge in [-0.2, -0.15) is 0 Å². The van der Waals surface area contributed by atoms with Crippen LogP contribution in [0.5, 0.6) is 0 Å². The zero-order chi connectivity index (χ0) is 11.9. The summed E-state index contributed by atoms with van der Waals surface area (Å²) >= 11 is 0. The average molecular weight is 228 g/mol. The van der Waals surface area contributed by atoms with Gasteiger partial charge in [0.05, 0.1) is 6.54 Å². The lowest BCUT2D eigenvalue weighted by Crippen LogP contribution is -2.36. The van der Waals surface area contributed by atoms with Gasteiger partial charge in [-0.1, -0.05) is 30.0 Å². The summed E-state index contributed by atoms with van der Waals surface area (Å²) < 4.78 is 0. The molecular weight excluding hydrogens is 208 g/mol. The summed E-state index contributed by atoms with van der Waals surface area (Å²) in [6, 6.07) is 10.2. The number of hydrogen-bond donors (Lipinski definition) is 1. The van der Waals surface area contributed by atoms with Crippen molar-refractivity contribution in [3.8, 4) is 11.8 Å². The number of rotatable bonds is 2. The third-order valence-electron chi connectivity index (χ3n) is 3.35. The van der Waals surface area contributed by atoms with E-state index in [2.05, 4.69) is 16.7 Å². The van der Waals surface area contributed by atoms with Crippen LogP contribution in [0, 0.1) is 17.8 Å². The smallest absolute Gasteiger partial charge is 0.0605 e. The predicted octanol–water partition coefficient (Wildman–Crippen LogP) is 1.71. The Kier molecular flexibility index (Phi) is 4.61. The lowest BCUT2D eigenvalue weighted by molar-refractivity contribution is 0.207. The molecule has 2 rings (SSSR count). The van der Waals surface area contributed by atoms with Gasteiger partial charge in [-0.05, 0) is 50.5 Å². The first-order chi connectivity index (χ1) is 8.38. The molecule has 0 unspecified atom stereocenters. The fraction of sp³-hybridized carbons (Fsp3) is 0.467. The highest BCUT2D eigenvalue weighted by molar-refractivity contribution is 5.33. The van der Waals surface area contributed by atoms with E-state index in [4.69, 9.17) is 5.73 Å². The van der Waals surface area contributed by atoms with Gasteiger partial charge < -0.3 is 5.73 Å². The van der Waals surface area contributed by atoms with E-state index in [1.54, 1.807) is 0 Å². The molecule has 2 N–H and O–H groups in total. The molecular formula is C15H20N2. The lowest BCUT2D eigenvalue weighted by atomic mass is 9.97. The molecule has 1 aliphatic rings. The monoisotopic (exact) mass is 228 g/mol. The van der Waals surface area contributed by atoms with Crippen LogP contribution in [0.4, 0.5) is 0 Å². The molecule has 0 aromatic heterocycles.